The second-order valence-corrected chi connectivity index (χ2v) is 9.19. The Kier molecular flexibility index (Phi) is 5.85. The summed E-state index contributed by atoms with van der Waals surface area (Å²) in [5.41, 5.74) is 2.95. The van der Waals surface area contributed by atoms with Crippen LogP contribution in [-0.2, 0) is 11.8 Å². The van der Waals surface area contributed by atoms with Gasteiger partial charge in [0.05, 0.1) is 5.75 Å². The number of aromatic nitrogens is 3. The molecule has 2 aromatic carbocycles. The first kappa shape index (κ1) is 20.5. The fourth-order valence-corrected chi connectivity index (χ4v) is 5.09. The van der Waals surface area contributed by atoms with Crippen LogP contribution in [0.25, 0.3) is 16.0 Å². The molecular weight excluding hydrogens is 436 g/mol. The van der Waals surface area contributed by atoms with Gasteiger partial charge in [0.2, 0.25) is 5.91 Å². The highest BCUT2D eigenvalue weighted by atomic mass is 32.2. The Morgan fingerprint density at radius 1 is 1.17 bits per heavy atom. The molecule has 2 heterocycles. The molecule has 6 nitrogen and oxygen atoms in total. The topological polar surface area (TPSA) is 68.9 Å². The quantitative estimate of drug-likeness (QED) is 0.272. The molecule has 4 rings (SSSR count). The molecular formula is C21H18N4O2S3. The molecule has 30 heavy (non-hydrogen) atoms. The van der Waals surface area contributed by atoms with E-state index in [2.05, 4.69) is 10.3 Å². The molecule has 0 bridgehead atoms. The molecule has 0 atom stereocenters. The summed E-state index contributed by atoms with van der Waals surface area (Å²) in [6.07, 6.45) is 0. The Balaban J connectivity index is 1.65. The summed E-state index contributed by atoms with van der Waals surface area (Å²) >= 11 is 7.96. The third-order valence-electron chi connectivity index (χ3n) is 4.54. The van der Waals surface area contributed by atoms with Crippen LogP contribution in [0.3, 0.4) is 0 Å². The number of para-hydroxylation sites is 2. The largest absolute Gasteiger partial charge is 0.325 e. The first-order valence-corrected chi connectivity index (χ1v) is 11.3. The average Bonchev–Trinajstić information content (AvgIpc) is 3.08. The SMILES string of the molecule is Cc1ccccc1NC(=O)CSc1nc2c(sc(=S)n2-c2ccccc2)c(=O)n1C. The smallest absolute Gasteiger partial charge is 0.273 e. The zero-order chi connectivity index (χ0) is 21.3. The molecule has 0 unspecified atom stereocenters. The molecule has 1 amide bonds. The van der Waals surface area contributed by atoms with E-state index in [9.17, 15) is 9.59 Å². The number of fused-ring (bicyclic) bond motifs is 1. The fourth-order valence-electron chi connectivity index (χ4n) is 2.97. The second-order valence-electron chi connectivity index (χ2n) is 6.60. The lowest BCUT2D eigenvalue weighted by Crippen LogP contribution is -2.21. The van der Waals surface area contributed by atoms with Crippen molar-refractivity contribution in [3.8, 4) is 5.69 Å². The normalized spacial score (nSPS) is 11.0. The third kappa shape index (κ3) is 3.96. The van der Waals surface area contributed by atoms with Crippen molar-refractivity contribution in [2.75, 3.05) is 11.1 Å². The zero-order valence-electron chi connectivity index (χ0n) is 16.3. The maximum Gasteiger partial charge on any atom is 0.273 e. The third-order valence-corrected chi connectivity index (χ3v) is 6.92. The van der Waals surface area contributed by atoms with E-state index in [1.165, 1.54) is 27.7 Å². The lowest BCUT2D eigenvalue weighted by atomic mass is 10.2. The van der Waals surface area contributed by atoms with E-state index >= 15 is 0 Å². The summed E-state index contributed by atoms with van der Waals surface area (Å²) in [4.78, 5) is 30.0. The van der Waals surface area contributed by atoms with Crippen LogP contribution in [0.2, 0.25) is 0 Å². The number of hydrogen-bond donors (Lipinski definition) is 1. The van der Waals surface area contributed by atoms with Crippen LogP contribution in [-0.4, -0.2) is 25.8 Å². The van der Waals surface area contributed by atoms with Crippen molar-refractivity contribution in [1.82, 2.24) is 14.1 Å². The van der Waals surface area contributed by atoms with Gasteiger partial charge in [0.1, 0.15) is 4.70 Å². The summed E-state index contributed by atoms with van der Waals surface area (Å²) < 4.78 is 4.32. The second kappa shape index (κ2) is 8.55. The van der Waals surface area contributed by atoms with Crippen molar-refractivity contribution in [1.29, 1.82) is 0 Å². The van der Waals surface area contributed by atoms with Crippen molar-refractivity contribution in [3.63, 3.8) is 0 Å². The van der Waals surface area contributed by atoms with E-state index in [1.54, 1.807) is 11.6 Å². The maximum atomic E-state index is 12.9. The summed E-state index contributed by atoms with van der Waals surface area (Å²) in [7, 11) is 1.66. The summed E-state index contributed by atoms with van der Waals surface area (Å²) in [6, 6.07) is 17.2. The number of thioether (sulfide) groups is 1. The van der Waals surface area contributed by atoms with Gasteiger partial charge in [-0.05, 0) is 42.9 Å². The zero-order valence-corrected chi connectivity index (χ0v) is 18.7. The molecule has 0 fully saturated rings. The van der Waals surface area contributed by atoms with Crippen LogP contribution in [0.15, 0.2) is 64.5 Å². The lowest BCUT2D eigenvalue weighted by Gasteiger charge is -2.10. The van der Waals surface area contributed by atoms with Gasteiger partial charge in [-0.3, -0.25) is 18.7 Å². The van der Waals surface area contributed by atoms with Gasteiger partial charge >= 0.3 is 0 Å². The Morgan fingerprint density at radius 2 is 1.87 bits per heavy atom. The molecule has 0 spiro atoms. The van der Waals surface area contributed by atoms with Crippen molar-refractivity contribution in [2.45, 2.75) is 12.1 Å². The summed E-state index contributed by atoms with van der Waals surface area (Å²) in [5, 5.41) is 3.36. The fraction of sp³-hybridized carbons (Fsp3) is 0.143. The van der Waals surface area contributed by atoms with Crippen LogP contribution in [0.1, 0.15) is 5.56 Å². The summed E-state index contributed by atoms with van der Waals surface area (Å²) in [5.74, 6) is -0.0232. The Bertz CT molecular complexity index is 1360. The summed E-state index contributed by atoms with van der Waals surface area (Å²) in [6.45, 7) is 1.94. The highest BCUT2D eigenvalue weighted by Gasteiger charge is 2.17. The van der Waals surface area contributed by atoms with E-state index in [0.29, 0.717) is 19.5 Å². The maximum absolute atomic E-state index is 12.9. The number of rotatable bonds is 5. The molecule has 9 heteroatoms. The van der Waals surface area contributed by atoms with E-state index in [1.807, 2.05) is 61.5 Å². The molecule has 152 valence electrons. The van der Waals surface area contributed by atoms with Crippen LogP contribution in [0, 0.1) is 10.9 Å². The van der Waals surface area contributed by atoms with Gasteiger partial charge in [-0.1, -0.05) is 59.5 Å². The predicted molar refractivity (Wildman–Crippen MR) is 126 cm³/mol. The van der Waals surface area contributed by atoms with Crippen molar-refractivity contribution >= 4 is 57.3 Å². The van der Waals surface area contributed by atoms with Gasteiger partial charge in [0.15, 0.2) is 14.8 Å². The number of nitrogens with zero attached hydrogens (tertiary/aromatic N) is 3. The molecule has 4 aromatic rings. The number of aryl methyl sites for hydroxylation is 1. The average molecular weight is 455 g/mol. The van der Waals surface area contributed by atoms with Crippen LogP contribution in [0.4, 0.5) is 5.69 Å². The van der Waals surface area contributed by atoms with Crippen LogP contribution < -0.4 is 10.9 Å². The highest BCUT2D eigenvalue weighted by molar-refractivity contribution is 7.99. The van der Waals surface area contributed by atoms with Gasteiger partial charge in [-0.25, -0.2) is 4.98 Å². The molecule has 0 radical (unpaired) electrons. The van der Waals surface area contributed by atoms with Gasteiger partial charge in [0, 0.05) is 18.4 Å². The van der Waals surface area contributed by atoms with Crippen molar-refractivity contribution in [3.05, 3.63) is 74.5 Å². The molecule has 0 aliphatic rings. The minimum Gasteiger partial charge on any atom is -0.325 e. The van der Waals surface area contributed by atoms with Gasteiger partial charge in [-0.2, -0.15) is 0 Å². The number of carbonyl (C=O) groups excluding carboxylic acids is 1. The first-order valence-electron chi connectivity index (χ1n) is 9.12. The molecule has 0 aliphatic carbocycles. The standard InChI is InChI=1S/C21H18N4O2S3/c1-13-8-6-7-11-15(13)22-16(26)12-29-20-23-18-17(19(27)24(20)2)30-21(28)25(18)14-9-4-3-5-10-14/h3-11H,12H2,1-2H3,(H,22,26). The number of carbonyl (C=O) groups is 1. The number of benzene rings is 2. The van der Waals surface area contributed by atoms with E-state index in [-0.39, 0.29) is 17.2 Å². The molecule has 0 aliphatic heterocycles. The predicted octanol–water partition coefficient (Wildman–Crippen LogP) is 4.55. The van der Waals surface area contributed by atoms with Gasteiger partial charge < -0.3 is 5.32 Å². The number of anilines is 1. The minimum atomic E-state index is -0.174. The Hall–Kier alpha value is -2.75. The highest BCUT2D eigenvalue weighted by Crippen LogP contribution is 2.25. The first-order chi connectivity index (χ1) is 14.5. The number of thiazole rings is 1. The van der Waals surface area contributed by atoms with Crippen LogP contribution >= 0.6 is 35.3 Å². The van der Waals surface area contributed by atoms with Crippen molar-refractivity contribution < 1.29 is 4.79 Å². The molecule has 0 saturated carbocycles. The monoisotopic (exact) mass is 454 g/mol. The van der Waals surface area contributed by atoms with Gasteiger partial charge in [-0.15, -0.1) is 0 Å². The van der Waals surface area contributed by atoms with Crippen LogP contribution in [0.5, 0.6) is 0 Å². The Labute approximate surface area is 186 Å². The van der Waals surface area contributed by atoms with E-state index < -0.39 is 0 Å². The van der Waals surface area contributed by atoms with Crippen molar-refractivity contribution in [2.24, 2.45) is 7.05 Å². The number of hydrogen-bond acceptors (Lipinski definition) is 6. The molecule has 1 N–H and O–H groups in total. The van der Waals surface area contributed by atoms with E-state index in [4.69, 9.17) is 12.2 Å². The molecule has 0 saturated heterocycles. The minimum absolute atomic E-state index is 0.135. The molecule has 2 aromatic heterocycles. The Morgan fingerprint density at radius 3 is 2.60 bits per heavy atom. The number of nitrogens with one attached hydrogen (secondary N) is 1. The van der Waals surface area contributed by atoms with Gasteiger partial charge in [0.25, 0.3) is 5.56 Å². The number of amides is 1. The lowest BCUT2D eigenvalue weighted by molar-refractivity contribution is -0.113. The van der Waals surface area contributed by atoms with E-state index in [0.717, 1.165) is 16.9 Å².